The maximum Gasteiger partial charge on any atom is 0.341 e. The van der Waals surface area contributed by atoms with Crippen LogP contribution in [-0.2, 0) is 22.5 Å². The number of anilines is 1. The summed E-state index contributed by atoms with van der Waals surface area (Å²) in [5.41, 5.74) is 1.56. The first-order valence-electron chi connectivity index (χ1n) is 9.66. The topological polar surface area (TPSA) is 67.9 Å². The summed E-state index contributed by atoms with van der Waals surface area (Å²) in [5, 5.41) is 3.55. The lowest BCUT2D eigenvalue weighted by molar-refractivity contribution is -0.113. The Morgan fingerprint density at radius 2 is 2.00 bits per heavy atom. The quantitative estimate of drug-likeness (QED) is 0.500. The molecule has 3 rings (SSSR count). The highest BCUT2D eigenvalue weighted by Gasteiger charge is 2.29. The fourth-order valence-corrected chi connectivity index (χ4v) is 5.21. The highest BCUT2D eigenvalue weighted by molar-refractivity contribution is 8.00. The van der Waals surface area contributed by atoms with E-state index in [1.807, 2.05) is 24.3 Å². The van der Waals surface area contributed by atoms with Crippen molar-refractivity contribution in [2.75, 3.05) is 37.9 Å². The summed E-state index contributed by atoms with van der Waals surface area (Å²) in [6.45, 7) is 6.91. The van der Waals surface area contributed by atoms with E-state index in [-0.39, 0.29) is 17.6 Å². The molecule has 1 N–H and O–H groups in total. The third kappa shape index (κ3) is 5.32. The van der Waals surface area contributed by atoms with Crippen molar-refractivity contribution in [1.82, 2.24) is 4.90 Å². The number of thioether (sulfide) groups is 1. The molecule has 156 valence electrons. The first-order chi connectivity index (χ1) is 14.0. The van der Waals surface area contributed by atoms with Crippen LogP contribution in [-0.4, -0.2) is 49.3 Å². The molecule has 1 aliphatic rings. The van der Waals surface area contributed by atoms with Gasteiger partial charge in [0.25, 0.3) is 0 Å². The first-order valence-corrected chi connectivity index (χ1v) is 11.5. The Morgan fingerprint density at radius 1 is 1.24 bits per heavy atom. The van der Waals surface area contributed by atoms with E-state index in [1.165, 1.54) is 23.1 Å². The summed E-state index contributed by atoms with van der Waals surface area (Å²) in [6, 6.07) is 7.58. The predicted octanol–water partition coefficient (Wildman–Crippen LogP) is 4.04. The molecule has 8 heteroatoms. The Morgan fingerprint density at radius 3 is 2.66 bits per heavy atom. The minimum atomic E-state index is -0.354. The molecule has 2 aromatic rings. The van der Waals surface area contributed by atoms with E-state index in [4.69, 9.17) is 9.47 Å². The standard InChI is InChI=1S/C21H26N2O4S2/c1-4-23-11-10-16-17(12-23)29-20(19(16)21(25)27-5-2)22-18(24)13-28-15-8-6-14(26-3)7-9-15/h6-9H,4-5,10-13H2,1-3H3,(H,22,24). The van der Waals surface area contributed by atoms with Crippen molar-refractivity contribution in [3.05, 3.63) is 40.3 Å². The van der Waals surface area contributed by atoms with Crippen LogP contribution in [0, 0.1) is 0 Å². The van der Waals surface area contributed by atoms with Gasteiger partial charge in [-0.05, 0) is 49.7 Å². The van der Waals surface area contributed by atoms with Crippen LogP contribution in [0.5, 0.6) is 5.75 Å². The molecule has 0 saturated carbocycles. The molecule has 29 heavy (non-hydrogen) atoms. The molecule has 1 amide bonds. The fraction of sp³-hybridized carbons (Fsp3) is 0.429. The van der Waals surface area contributed by atoms with Gasteiger partial charge in [0, 0.05) is 22.9 Å². The van der Waals surface area contributed by atoms with Gasteiger partial charge < -0.3 is 14.8 Å². The molecule has 0 radical (unpaired) electrons. The highest BCUT2D eigenvalue weighted by Crippen LogP contribution is 2.37. The van der Waals surface area contributed by atoms with Gasteiger partial charge in [0.15, 0.2) is 0 Å². The van der Waals surface area contributed by atoms with E-state index >= 15 is 0 Å². The molecule has 0 spiro atoms. The van der Waals surface area contributed by atoms with Gasteiger partial charge in [-0.25, -0.2) is 4.79 Å². The fourth-order valence-electron chi connectivity index (χ4n) is 3.22. The maximum atomic E-state index is 12.6. The third-order valence-corrected chi connectivity index (χ3v) is 6.89. The number of hydrogen-bond acceptors (Lipinski definition) is 7. The van der Waals surface area contributed by atoms with Crippen LogP contribution in [0.15, 0.2) is 29.2 Å². The molecule has 0 atom stereocenters. The summed E-state index contributed by atoms with van der Waals surface area (Å²) in [5.74, 6) is 0.552. The van der Waals surface area contributed by atoms with E-state index in [0.29, 0.717) is 17.2 Å². The molecular formula is C21H26N2O4S2. The number of fused-ring (bicyclic) bond motifs is 1. The lowest BCUT2D eigenvalue weighted by Gasteiger charge is -2.25. The lowest BCUT2D eigenvalue weighted by atomic mass is 10.0. The number of nitrogens with zero attached hydrogens (tertiary/aromatic N) is 1. The second-order valence-corrected chi connectivity index (χ2v) is 8.71. The summed E-state index contributed by atoms with van der Waals surface area (Å²) < 4.78 is 10.4. The van der Waals surface area contributed by atoms with E-state index in [1.54, 1.807) is 14.0 Å². The molecular weight excluding hydrogens is 408 g/mol. The van der Waals surface area contributed by atoms with Crippen molar-refractivity contribution in [3.63, 3.8) is 0 Å². The van der Waals surface area contributed by atoms with Crippen LogP contribution in [0.25, 0.3) is 0 Å². The van der Waals surface area contributed by atoms with Crippen molar-refractivity contribution in [3.8, 4) is 5.75 Å². The minimum absolute atomic E-state index is 0.137. The molecule has 0 saturated heterocycles. The SMILES string of the molecule is CCOC(=O)c1c(NC(=O)CSc2ccc(OC)cc2)sc2c1CCN(CC)C2. The van der Waals surface area contributed by atoms with Crippen LogP contribution in [0.4, 0.5) is 5.00 Å². The zero-order valence-electron chi connectivity index (χ0n) is 16.9. The van der Waals surface area contributed by atoms with E-state index in [0.717, 1.165) is 47.1 Å². The maximum absolute atomic E-state index is 12.6. The number of ether oxygens (including phenoxy) is 2. The third-order valence-electron chi connectivity index (χ3n) is 4.75. The molecule has 1 aromatic heterocycles. The lowest BCUT2D eigenvalue weighted by Crippen LogP contribution is -2.30. The number of methoxy groups -OCH3 is 1. The van der Waals surface area contributed by atoms with Gasteiger partial charge >= 0.3 is 5.97 Å². The molecule has 0 bridgehead atoms. The molecule has 6 nitrogen and oxygen atoms in total. The number of thiophene rings is 1. The van der Waals surface area contributed by atoms with Crippen molar-refractivity contribution in [1.29, 1.82) is 0 Å². The largest absolute Gasteiger partial charge is 0.497 e. The minimum Gasteiger partial charge on any atom is -0.497 e. The number of carbonyl (C=O) groups is 2. The summed E-state index contributed by atoms with van der Waals surface area (Å²) in [4.78, 5) is 29.6. The average molecular weight is 435 g/mol. The molecule has 2 heterocycles. The van der Waals surface area contributed by atoms with Crippen LogP contribution < -0.4 is 10.1 Å². The molecule has 1 aliphatic heterocycles. The van der Waals surface area contributed by atoms with Crippen molar-refractivity contribution < 1.29 is 19.1 Å². The Labute approximate surface area is 179 Å². The Hall–Kier alpha value is -2.03. The second kappa shape index (κ2) is 10.1. The van der Waals surface area contributed by atoms with Crippen molar-refractivity contribution >= 4 is 40.0 Å². The molecule has 0 fully saturated rings. The highest BCUT2D eigenvalue weighted by atomic mass is 32.2. The van der Waals surface area contributed by atoms with Crippen LogP contribution in [0.3, 0.4) is 0 Å². The second-order valence-electron chi connectivity index (χ2n) is 6.56. The summed E-state index contributed by atoms with van der Waals surface area (Å²) in [7, 11) is 1.62. The van der Waals surface area contributed by atoms with Gasteiger partial charge in [-0.15, -0.1) is 23.1 Å². The molecule has 1 aromatic carbocycles. The average Bonchev–Trinajstić information content (AvgIpc) is 3.09. The number of nitrogens with one attached hydrogen (secondary N) is 1. The number of benzene rings is 1. The monoisotopic (exact) mass is 434 g/mol. The van der Waals surface area contributed by atoms with E-state index in [9.17, 15) is 9.59 Å². The summed E-state index contributed by atoms with van der Waals surface area (Å²) >= 11 is 2.93. The Balaban J connectivity index is 1.72. The van der Waals surface area contributed by atoms with Crippen molar-refractivity contribution in [2.24, 2.45) is 0 Å². The van der Waals surface area contributed by atoms with Gasteiger partial charge in [0.1, 0.15) is 10.8 Å². The van der Waals surface area contributed by atoms with Crippen LogP contribution in [0.2, 0.25) is 0 Å². The van der Waals surface area contributed by atoms with Gasteiger partial charge in [0.05, 0.1) is 25.0 Å². The van der Waals surface area contributed by atoms with E-state index in [2.05, 4.69) is 17.1 Å². The zero-order valence-corrected chi connectivity index (χ0v) is 18.6. The van der Waals surface area contributed by atoms with Crippen molar-refractivity contribution in [2.45, 2.75) is 31.7 Å². The van der Waals surface area contributed by atoms with Gasteiger partial charge in [-0.2, -0.15) is 0 Å². The van der Waals surface area contributed by atoms with Gasteiger partial charge in [-0.3, -0.25) is 9.69 Å². The number of hydrogen-bond donors (Lipinski definition) is 1. The summed E-state index contributed by atoms with van der Waals surface area (Å²) in [6.07, 6.45) is 0.796. The van der Waals surface area contributed by atoms with Crippen LogP contribution in [0.1, 0.15) is 34.6 Å². The first kappa shape index (κ1) is 21.7. The molecule has 0 aliphatic carbocycles. The van der Waals surface area contributed by atoms with E-state index < -0.39 is 0 Å². The normalized spacial score (nSPS) is 13.6. The van der Waals surface area contributed by atoms with Crippen LogP contribution >= 0.6 is 23.1 Å². The number of likely N-dealkylation sites (N-methyl/N-ethyl adjacent to an activating group) is 1. The Kier molecular flexibility index (Phi) is 7.57. The van der Waals surface area contributed by atoms with Gasteiger partial charge in [-0.1, -0.05) is 6.92 Å². The number of rotatable bonds is 8. The number of esters is 1. The molecule has 0 unspecified atom stereocenters. The zero-order chi connectivity index (χ0) is 20.8. The predicted molar refractivity (Wildman–Crippen MR) is 117 cm³/mol. The van der Waals surface area contributed by atoms with Gasteiger partial charge in [0.2, 0.25) is 5.91 Å². The number of carbonyl (C=O) groups excluding carboxylic acids is 2. The Bertz CT molecular complexity index is 864. The number of amides is 1. The smallest absolute Gasteiger partial charge is 0.341 e.